The number of hydrogen-bond donors (Lipinski definition) is 1. The lowest BCUT2D eigenvalue weighted by atomic mass is 10.3. The predicted octanol–water partition coefficient (Wildman–Crippen LogP) is 1.74. The molecule has 1 aromatic rings. The van der Waals surface area contributed by atoms with E-state index in [1.807, 2.05) is 27.9 Å². The first-order chi connectivity index (χ1) is 9.78. The first kappa shape index (κ1) is 18.6. The summed E-state index contributed by atoms with van der Waals surface area (Å²) >= 11 is 1.37. The van der Waals surface area contributed by atoms with Crippen molar-refractivity contribution in [2.24, 2.45) is 0 Å². The number of sulfonamides is 1. The quantitative estimate of drug-likeness (QED) is 0.748. The van der Waals surface area contributed by atoms with Crippen LogP contribution in [0, 0.1) is 6.92 Å². The van der Waals surface area contributed by atoms with E-state index in [0.29, 0.717) is 10.8 Å². The smallest absolute Gasteiger partial charge is 0.252 e. The summed E-state index contributed by atoms with van der Waals surface area (Å²) < 4.78 is 27.0. The fourth-order valence-electron chi connectivity index (χ4n) is 1.91. The maximum atomic E-state index is 12.5. The van der Waals surface area contributed by atoms with Crippen molar-refractivity contribution in [1.29, 1.82) is 0 Å². The highest BCUT2D eigenvalue weighted by atomic mass is 32.2. The second-order valence-electron chi connectivity index (χ2n) is 5.44. The number of rotatable bonds is 9. The van der Waals surface area contributed by atoms with Gasteiger partial charge in [-0.1, -0.05) is 6.92 Å². The van der Waals surface area contributed by atoms with Crippen LogP contribution in [0.3, 0.4) is 0 Å². The molecule has 5 nitrogen and oxygen atoms in total. The normalized spacial score (nSPS) is 12.5. The van der Waals surface area contributed by atoms with E-state index in [1.165, 1.54) is 15.6 Å². The minimum Gasteiger partial charge on any atom is -0.312 e. The van der Waals surface area contributed by atoms with E-state index < -0.39 is 10.0 Å². The largest absolute Gasteiger partial charge is 0.312 e. The summed E-state index contributed by atoms with van der Waals surface area (Å²) in [5.74, 6) is 0. The molecule has 7 heteroatoms. The van der Waals surface area contributed by atoms with Gasteiger partial charge in [0.15, 0.2) is 0 Å². The van der Waals surface area contributed by atoms with Crippen molar-refractivity contribution in [2.45, 2.75) is 31.0 Å². The van der Waals surface area contributed by atoms with Gasteiger partial charge in [0.2, 0.25) is 0 Å². The van der Waals surface area contributed by atoms with Crippen LogP contribution >= 0.6 is 11.3 Å². The molecule has 21 heavy (non-hydrogen) atoms. The van der Waals surface area contributed by atoms with E-state index >= 15 is 0 Å². The van der Waals surface area contributed by atoms with Gasteiger partial charge in [-0.05, 0) is 52.2 Å². The zero-order valence-electron chi connectivity index (χ0n) is 13.6. The molecule has 122 valence electrons. The van der Waals surface area contributed by atoms with E-state index in [4.69, 9.17) is 0 Å². The number of nitrogens with one attached hydrogen (secondary N) is 1. The van der Waals surface area contributed by atoms with Gasteiger partial charge in [0.25, 0.3) is 10.0 Å². The zero-order chi connectivity index (χ0) is 16.0. The highest BCUT2D eigenvalue weighted by Crippen LogP contribution is 2.28. The summed E-state index contributed by atoms with van der Waals surface area (Å²) in [6.07, 6.45) is 0.831. The van der Waals surface area contributed by atoms with Gasteiger partial charge in [-0.25, -0.2) is 12.7 Å². The van der Waals surface area contributed by atoms with Crippen molar-refractivity contribution < 1.29 is 8.42 Å². The lowest BCUT2D eigenvalue weighted by Crippen LogP contribution is -2.29. The second kappa shape index (κ2) is 8.24. The van der Waals surface area contributed by atoms with Gasteiger partial charge in [0.05, 0.1) is 0 Å². The number of thiophene rings is 1. The molecule has 0 saturated heterocycles. The van der Waals surface area contributed by atoms with Crippen LogP contribution in [-0.2, 0) is 16.6 Å². The molecule has 1 aromatic heterocycles. The van der Waals surface area contributed by atoms with Gasteiger partial charge >= 0.3 is 0 Å². The Bertz CT molecular complexity index is 538. The van der Waals surface area contributed by atoms with Gasteiger partial charge in [0, 0.05) is 25.0 Å². The average molecular weight is 334 g/mol. The Labute approximate surface area is 133 Å². The molecule has 1 N–H and O–H groups in total. The fraction of sp³-hybridized carbons (Fsp3) is 0.714. The highest BCUT2D eigenvalue weighted by molar-refractivity contribution is 7.91. The number of aryl methyl sites for hydroxylation is 1. The number of hydrogen-bond acceptors (Lipinski definition) is 5. The lowest BCUT2D eigenvalue weighted by Gasteiger charge is -2.17. The first-order valence-electron chi connectivity index (χ1n) is 7.20. The van der Waals surface area contributed by atoms with E-state index in [-0.39, 0.29) is 0 Å². The molecule has 0 aliphatic rings. The maximum absolute atomic E-state index is 12.5. The predicted molar refractivity (Wildman–Crippen MR) is 89.4 cm³/mol. The van der Waals surface area contributed by atoms with Crippen molar-refractivity contribution >= 4 is 21.4 Å². The molecule has 0 radical (unpaired) electrons. The van der Waals surface area contributed by atoms with E-state index in [2.05, 4.69) is 10.2 Å². The summed E-state index contributed by atoms with van der Waals surface area (Å²) in [5.41, 5.74) is 1.04. The van der Waals surface area contributed by atoms with Crippen LogP contribution in [0.15, 0.2) is 10.3 Å². The van der Waals surface area contributed by atoms with Crippen molar-refractivity contribution in [3.8, 4) is 0 Å². The van der Waals surface area contributed by atoms with Crippen LogP contribution in [0.5, 0.6) is 0 Å². The minimum absolute atomic E-state index is 0.445. The van der Waals surface area contributed by atoms with Gasteiger partial charge in [-0.2, -0.15) is 0 Å². The summed E-state index contributed by atoms with van der Waals surface area (Å²) in [7, 11) is 2.28. The third-order valence-corrected chi connectivity index (χ3v) is 6.82. The van der Waals surface area contributed by atoms with Gasteiger partial charge in [-0.3, -0.25) is 0 Å². The molecular formula is C14H27N3O2S2. The van der Waals surface area contributed by atoms with Crippen LogP contribution in [0.25, 0.3) is 0 Å². The Hall–Kier alpha value is -0.470. The molecule has 0 aliphatic carbocycles. The van der Waals surface area contributed by atoms with Crippen LogP contribution < -0.4 is 5.32 Å². The maximum Gasteiger partial charge on any atom is 0.252 e. The van der Waals surface area contributed by atoms with Gasteiger partial charge in [-0.15, -0.1) is 11.3 Å². The molecule has 0 spiro atoms. The van der Waals surface area contributed by atoms with Crippen LogP contribution in [0.1, 0.15) is 23.8 Å². The van der Waals surface area contributed by atoms with Crippen LogP contribution in [0.2, 0.25) is 0 Å². The van der Waals surface area contributed by atoms with Crippen molar-refractivity contribution in [1.82, 2.24) is 14.5 Å². The Morgan fingerprint density at radius 3 is 2.48 bits per heavy atom. The van der Waals surface area contributed by atoms with Gasteiger partial charge in [0.1, 0.15) is 4.21 Å². The molecule has 0 aliphatic heterocycles. The lowest BCUT2D eigenvalue weighted by molar-refractivity contribution is 0.370. The molecule has 0 saturated carbocycles. The summed E-state index contributed by atoms with van der Waals surface area (Å²) in [4.78, 5) is 3.15. The van der Waals surface area contributed by atoms with E-state index in [0.717, 1.165) is 36.5 Å². The molecule has 1 heterocycles. The molecule has 0 unspecified atom stereocenters. The second-order valence-corrected chi connectivity index (χ2v) is 8.84. The van der Waals surface area contributed by atoms with Crippen molar-refractivity contribution in [3.63, 3.8) is 0 Å². The highest BCUT2D eigenvalue weighted by Gasteiger charge is 2.23. The van der Waals surface area contributed by atoms with Crippen LogP contribution in [-0.4, -0.2) is 58.4 Å². The van der Waals surface area contributed by atoms with Crippen molar-refractivity contribution in [3.05, 3.63) is 16.5 Å². The molecule has 0 atom stereocenters. The molecule has 1 rings (SSSR count). The third kappa shape index (κ3) is 5.34. The van der Waals surface area contributed by atoms with E-state index in [1.54, 1.807) is 13.1 Å². The van der Waals surface area contributed by atoms with Gasteiger partial charge < -0.3 is 10.2 Å². The monoisotopic (exact) mass is 333 g/mol. The molecule has 0 fully saturated rings. The summed E-state index contributed by atoms with van der Waals surface area (Å²) in [5, 5.41) is 3.24. The fourth-order valence-corrected chi connectivity index (χ4v) is 4.89. The average Bonchev–Trinajstić information content (AvgIpc) is 2.77. The zero-order valence-corrected chi connectivity index (χ0v) is 15.3. The third-order valence-electron chi connectivity index (χ3n) is 3.28. The number of nitrogens with zero attached hydrogens (tertiary/aromatic N) is 2. The Kier molecular flexibility index (Phi) is 7.29. The standard InChI is InChI=1S/C14H27N3O2S2/c1-6-15-11-13-12(2)10-14(20-13)21(18,19)17(5)9-7-8-16(3)4/h10,15H,6-9,11H2,1-5H3. The Balaban J connectivity index is 2.77. The molecule has 0 bridgehead atoms. The SMILES string of the molecule is CCNCc1sc(S(=O)(=O)N(C)CCCN(C)C)cc1C. The molecule has 0 amide bonds. The molecular weight excluding hydrogens is 306 g/mol. The Morgan fingerprint density at radius 1 is 1.24 bits per heavy atom. The molecule has 0 aromatic carbocycles. The Morgan fingerprint density at radius 2 is 1.90 bits per heavy atom. The first-order valence-corrected chi connectivity index (χ1v) is 9.45. The van der Waals surface area contributed by atoms with Crippen molar-refractivity contribution in [2.75, 3.05) is 40.8 Å². The minimum atomic E-state index is -3.36. The summed E-state index contributed by atoms with van der Waals surface area (Å²) in [6, 6.07) is 1.79. The van der Waals surface area contributed by atoms with E-state index in [9.17, 15) is 8.42 Å². The summed E-state index contributed by atoms with van der Waals surface area (Å²) in [6.45, 7) is 7.04. The topological polar surface area (TPSA) is 52.7 Å². The van der Waals surface area contributed by atoms with Crippen LogP contribution in [0.4, 0.5) is 0 Å².